The molecule has 1 unspecified atom stereocenters. The van der Waals surface area contributed by atoms with Gasteiger partial charge in [-0.3, -0.25) is 4.79 Å². The molecule has 1 atom stereocenters. The summed E-state index contributed by atoms with van der Waals surface area (Å²) in [6, 6.07) is 5.72. The quantitative estimate of drug-likeness (QED) is 0.727. The zero-order valence-electron chi connectivity index (χ0n) is 8.83. The first-order valence-electron chi connectivity index (χ1n) is 5.36. The van der Waals surface area contributed by atoms with Gasteiger partial charge in [-0.2, -0.15) is 0 Å². The third kappa shape index (κ3) is 2.61. The maximum atomic E-state index is 12.7. The summed E-state index contributed by atoms with van der Waals surface area (Å²) >= 11 is 3.53. The van der Waals surface area contributed by atoms with E-state index in [-0.39, 0.29) is 11.7 Å². The number of halogens is 2. The third-order valence-electron chi connectivity index (χ3n) is 2.74. The highest BCUT2D eigenvalue weighted by atomic mass is 79.9. The van der Waals surface area contributed by atoms with Gasteiger partial charge >= 0.3 is 0 Å². The number of hydrogen-bond acceptors (Lipinski definition) is 1. The largest absolute Gasteiger partial charge is 0.338 e. The highest BCUT2D eigenvalue weighted by molar-refractivity contribution is 9.09. The second-order valence-corrected chi connectivity index (χ2v) is 5.29. The van der Waals surface area contributed by atoms with Crippen LogP contribution in [0.15, 0.2) is 24.3 Å². The molecule has 0 N–H and O–H groups in total. The van der Waals surface area contributed by atoms with Crippen LogP contribution in [0.3, 0.4) is 0 Å². The number of alkyl halides is 1. The van der Waals surface area contributed by atoms with Crippen molar-refractivity contribution in [1.82, 2.24) is 4.90 Å². The van der Waals surface area contributed by atoms with Gasteiger partial charge in [-0.1, -0.05) is 15.9 Å². The minimum absolute atomic E-state index is 0.0100. The molecule has 1 aromatic rings. The van der Waals surface area contributed by atoms with Gasteiger partial charge in [0, 0.05) is 23.5 Å². The number of piperidine rings is 1. The molecule has 0 spiro atoms. The summed E-state index contributed by atoms with van der Waals surface area (Å²) in [7, 11) is 0. The lowest BCUT2D eigenvalue weighted by atomic mass is 10.1. The predicted molar refractivity (Wildman–Crippen MR) is 64.3 cm³/mol. The standard InChI is InChI=1S/C12H13BrFNO/c13-10-2-1-7-15(8-10)12(16)9-3-5-11(14)6-4-9/h3-6,10H,1-2,7-8H2. The van der Waals surface area contributed by atoms with E-state index in [4.69, 9.17) is 0 Å². The van der Waals surface area contributed by atoms with Crippen molar-refractivity contribution >= 4 is 21.8 Å². The Hall–Kier alpha value is -0.900. The van der Waals surface area contributed by atoms with E-state index in [0.717, 1.165) is 25.9 Å². The van der Waals surface area contributed by atoms with E-state index in [9.17, 15) is 9.18 Å². The molecule has 16 heavy (non-hydrogen) atoms. The highest BCUT2D eigenvalue weighted by Crippen LogP contribution is 2.18. The zero-order chi connectivity index (χ0) is 11.5. The van der Waals surface area contributed by atoms with Crippen LogP contribution in [-0.2, 0) is 0 Å². The van der Waals surface area contributed by atoms with Gasteiger partial charge in [-0.15, -0.1) is 0 Å². The van der Waals surface area contributed by atoms with Crippen molar-refractivity contribution in [2.75, 3.05) is 13.1 Å². The average Bonchev–Trinajstić information content (AvgIpc) is 2.29. The molecule has 1 aliphatic rings. The summed E-state index contributed by atoms with van der Waals surface area (Å²) in [5.41, 5.74) is 0.558. The molecule has 0 aromatic heterocycles. The fourth-order valence-corrected chi connectivity index (χ4v) is 2.56. The van der Waals surface area contributed by atoms with Crippen molar-refractivity contribution in [2.24, 2.45) is 0 Å². The predicted octanol–water partition coefficient (Wildman–Crippen LogP) is 2.83. The number of rotatable bonds is 1. The summed E-state index contributed by atoms with van der Waals surface area (Å²) in [5, 5.41) is 0. The molecular weight excluding hydrogens is 273 g/mol. The minimum Gasteiger partial charge on any atom is -0.338 e. The van der Waals surface area contributed by atoms with Gasteiger partial charge in [0.2, 0.25) is 0 Å². The summed E-state index contributed by atoms with van der Waals surface area (Å²) in [4.78, 5) is 14.2. The van der Waals surface area contributed by atoms with Gasteiger partial charge in [-0.05, 0) is 37.1 Å². The van der Waals surface area contributed by atoms with Gasteiger partial charge in [0.05, 0.1) is 0 Å². The smallest absolute Gasteiger partial charge is 0.253 e. The molecular formula is C12H13BrFNO. The molecule has 1 aliphatic heterocycles. The lowest BCUT2D eigenvalue weighted by Crippen LogP contribution is -2.40. The molecule has 0 bridgehead atoms. The number of carbonyl (C=O) groups is 1. The second kappa shape index (κ2) is 4.95. The van der Waals surface area contributed by atoms with E-state index < -0.39 is 0 Å². The van der Waals surface area contributed by atoms with Crippen molar-refractivity contribution in [2.45, 2.75) is 17.7 Å². The summed E-state index contributed by atoms with van der Waals surface area (Å²) < 4.78 is 12.7. The molecule has 1 amide bonds. The highest BCUT2D eigenvalue weighted by Gasteiger charge is 2.22. The van der Waals surface area contributed by atoms with Crippen molar-refractivity contribution in [3.63, 3.8) is 0 Å². The molecule has 1 heterocycles. The summed E-state index contributed by atoms with van der Waals surface area (Å²) in [5.74, 6) is -0.322. The molecule has 0 radical (unpaired) electrons. The maximum absolute atomic E-state index is 12.7. The monoisotopic (exact) mass is 285 g/mol. The lowest BCUT2D eigenvalue weighted by molar-refractivity contribution is 0.0730. The first-order chi connectivity index (χ1) is 7.66. The summed E-state index contributed by atoms with van der Waals surface area (Å²) in [6.45, 7) is 1.52. The topological polar surface area (TPSA) is 20.3 Å². The van der Waals surface area contributed by atoms with Crippen LogP contribution in [0.5, 0.6) is 0 Å². The lowest BCUT2D eigenvalue weighted by Gasteiger charge is -2.30. The Morgan fingerprint density at radius 1 is 1.38 bits per heavy atom. The van der Waals surface area contributed by atoms with E-state index in [2.05, 4.69) is 15.9 Å². The molecule has 1 aromatic carbocycles. The van der Waals surface area contributed by atoms with Crippen molar-refractivity contribution in [3.05, 3.63) is 35.6 Å². The van der Waals surface area contributed by atoms with Gasteiger partial charge in [0.15, 0.2) is 0 Å². The first-order valence-corrected chi connectivity index (χ1v) is 6.27. The van der Waals surface area contributed by atoms with Crippen molar-refractivity contribution in [3.8, 4) is 0 Å². The number of benzene rings is 1. The number of carbonyl (C=O) groups excluding carboxylic acids is 1. The Balaban J connectivity index is 2.09. The number of amides is 1. The third-order valence-corrected chi connectivity index (χ3v) is 3.49. The van der Waals surface area contributed by atoms with E-state index in [1.54, 1.807) is 0 Å². The van der Waals surface area contributed by atoms with E-state index in [1.165, 1.54) is 24.3 Å². The number of likely N-dealkylation sites (tertiary alicyclic amines) is 1. The molecule has 1 saturated heterocycles. The van der Waals surface area contributed by atoms with Crippen LogP contribution in [0.25, 0.3) is 0 Å². The van der Waals surface area contributed by atoms with Crippen LogP contribution in [0.1, 0.15) is 23.2 Å². The molecule has 1 fully saturated rings. The van der Waals surface area contributed by atoms with Crippen molar-refractivity contribution < 1.29 is 9.18 Å². The molecule has 2 nitrogen and oxygen atoms in total. The summed E-state index contributed by atoms with van der Waals surface area (Å²) in [6.07, 6.45) is 2.12. The van der Waals surface area contributed by atoms with Gasteiger partial charge in [0.25, 0.3) is 5.91 Å². The molecule has 4 heteroatoms. The average molecular weight is 286 g/mol. The van der Waals surface area contributed by atoms with Crippen LogP contribution in [0.2, 0.25) is 0 Å². The molecule has 86 valence electrons. The molecule has 0 aliphatic carbocycles. The van der Waals surface area contributed by atoms with Crippen LogP contribution < -0.4 is 0 Å². The number of hydrogen-bond donors (Lipinski definition) is 0. The first kappa shape index (κ1) is 11.6. The van der Waals surface area contributed by atoms with Crippen LogP contribution >= 0.6 is 15.9 Å². The minimum atomic E-state index is -0.312. The second-order valence-electron chi connectivity index (χ2n) is 4.00. The maximum Gasteiger partial charge on any atom is 0.253 e. The fourth-order valence-electron chi connectivity index (χ4n) is 1.88. The van der Waals surface area contributed by atoms with Gasteiger partial charge < -0.3 is 4.90 Å². The molecule has 2 rings (SSSR count). The van der Waals surface area contributed by atoms with E-state index in [1.807, 2.05) is 4.90 Å². The fraction of sp³-hybridized carbons (Fsp3) is 0.417. The Morgan fingerprint density at radius 2 is 2.06 bits per heavy atom. The van der Waals surface area contributed by atoms with Crippen LogP contribution in [0.4, 0.5) is 4.39 Å². The van der Waals surface area contributed by atoms with Crippen LogP contribution in [-0.4, -0.2) is 28.7 Å². The van der Waals surface area contributed by atoms with Crippen molar-refractivity contribution in [1.29, 1.82) is 0 Å². The Bertz CT molecular complexity index is 379. The zero-order valence-corrected chi connectivity index (χ0v) is 10.4. The number of nitrogens with zero attached hydrogens (tertiary/aromatic N) is 1. The van der Waals surface area contributed by atoms with E-state index in [0.29, 0.717) is 10.4 Å². The van der Waals surface area contributed by atoms with Gasteiger partial charge in [0.1, 0.15) is 5.82 Å². The Labute approximate surface area is 103 Å². The molecule has 0 saturated carbocycles. The normalized spacial score (nSPS) is 20.9. The van der Waals surface area contributed by atoms with Crippen LogP contribution in [0, 0.1) is 5.82 Å². The van der Waals surface area contributed by atoms with E-state index >= 15 is 0 Å². The Morgan fingerprint density at radius 3 is 2.69 bits per heavy atom. The van der Waals surface area contributed by atoms with Gasteiger partial charge in [-0.25, -0.2) is 4.39 Å². The Kier molecular flexibility index (Phi) is 3.59. The SMILES string of the molecule is O=C(c1ccc(F)cc1)N1CCCC(Br)C1.